The second-order valence-corrected chi connectivity index (χ2v) is 8.13. The van der Waals surface area contributed by atoms with E-state index in [1.165, 1.54) is 0 Å². The molecule has 0 aromatic heterocycles. The SMILES string of the molecule is CCCCNC(=O)O[C@@H](C(Cl)(Cl)Cl)P(=O)(OC)OC. The van der Waals surface area contributed by atoms with Crippen molar-refractivity contribution in [3.8, 4) is 0 Å². The fraction of sp³-hybridized carbons (Fsp3) is 0.889. The highest BCUT2D eigenvalue weighted by molar-refractivity contribution is 7.55. The van der Waals surface area contributed by atoms with Crippen LogP contribution in [0, 0.1) is 0 Å². The molecule has 0 aliphatic rings. The van der Waals surface area contributed by atoms with Crippen molar-refractivity contribution in [2.75, 3.05) is 20.8 Å². The molecule has 1 N–H and O–H groups in total. The van der Waals surface area contributed by atoms with Gasteiger partial charge in [0.05, 0.1) is 0 Å². The molecule has 114 valence electrons. The molecule has 0 rings (SSSR count). The van der Waals surface area contributed by atoms with Crippen molar-refractivity contribution in [3.63, 3.8) is 0 Å². The second-order valence-electron chi connectivity index (χ2n) is 3.48. The Labute approximate surface area is 127 Å². The molecule has 0 aliphatic heterocycles. The van der Waals surface area contributed by atoms with Crippen LogP contribution in [0.15, 0.2) is 0 Å². The zero-order valence-corrected chi connectivity index (χ0v) is 14.0. The number of amides is 1. The maximum Gasteiger partial charge on any atom is 0.408 e. The zero-order valence-electron chi connectivity index (χ0n) is 10.8. The molecule has 0 spiro atoms. The van der Waals surface area contributed by atoms with E-state index in [0.29, 0.717) is 6.54 Å². The summed E-state index contributed by atoms with van der Waals surface area (Å²) in [5.41, 5.74) is 0. The number of ether oxygens (including phenoxy) is 1. The van der Waals surface area contributed by atoms with Gasteiger partial charge in [0.25, 0.3) is 5.85 Å². The first-order valence-corrected chi connectivity index (χ1v) is 8.18. The molecule has 0 heterocycles. The van der Waals surface area contributed by atoms with Crippen LogP contribution in [0.2, 0.25) is 0 Å². The highest BCUT2D eigenvalue weighted by atomic mass is 35.6. The third kappa shape index (κ3) is 6.52. The number of alkyl carbamates (subject to hydrolysis) is 1. The minimum Gasteiger partial charge on any atom is -0.429 e. The van der Waals surface area contributed by atoms with Gasteiger partial charge in [-0.15, -0.1) is 0 Å². The predicted molar refractivity (Wildman–Crippen MR) is 75.1 cm³/mol. The number of carbonyl (C=O) groups is 1. The summed E-state index contributed by atoms with van der Waals surface area (Å²) in [5.74, 6) is -1.67. The van der Waals surface area contributed by atoms with E-state index in [2.05, 4.69) is 14.4 Å². The maximum atomic E-state index is 12.2. The number of halogens is 3. The average molecular weight is 357 g/mol. The van der Waals surface area contributed by atoms with Crippen LogP contribution in [0.25, 0.3) is 0 Å². The van der Waals surface area contributed by atoms with Crippen molar-refractivity contribution < 1.29 is 23.1 Å². The Morgan fingerprint density at radius 1 is 1.32 bits per heavy atom. The lowest BCUT2D eigenvalue weighted by atomic mass is 10.3. The quantitative estimate of drug-likeness (QED) is 0.428. The molecule has 1 atom stereocenters. The van der Waals surface area contributed by atoms with E-state index in [1.54, 1.807) is 0 Å². The van der Waals surface area contributed by atoms with E-state index < -0.39 is 23.3 Å². The normalized spacial score (nSPS) is 14.0. The van der Waals surface area contributed by atoms with Crippen LogP contribution < -0.4 is 5.32 Å². The number of hydrogen-bond donors (Lipinski definition) is 1. The Morgan fingerprint density at radius 2 is 1.84 bits per heavy atom. The molecular formula is C9H17Cl3NO5P. The maximum absolute atomic E-state index is 12.2. The molecule has 1 amide bonds. The number of rotatable bonds is 7. The molecule has 0 bridgehead atoms. The van der Waals surface area contributed by atoms with Crippen LogP contribution in [0.5, 0.6) is 0 Å². The van der Waals surface area contributed by atoms with Crippen LogP contribution >= 0.6 is 42.4 Å². The van der Waals surface area contributed by atoms with Crippen molar-refractivity contribution in [1.82, 2.24) is 5.32 Å². The summed E-state index contributed by atoms with van der Waals surface area (Å²) in [4.78, 5) is 11.5. The second kappa shape index (κ2) is 8.55. The largest absolute Gasteiger partial charge is 0.429 e. The number of alkyl halides is 3. The molecule has 0 saturated heterocycles. The summed E-state index contributed by atoms with van der Waals surface area (Å²) < 4.78 is 24.2. The lowest BCUT2D eigenvalue weighted by Crippen LogP contribution is -2.36. The summed E-state index contributed by atoms with van der Waals surface area (Å²) >= 11 is 16.9. The monoisotopic (exact) mass is 355 g/mol. The minimum absolute atomic E-state index is 0.395. The average Bonchev–Trinajstić information content (AvgIpc) is 2.34. The Hall–Kier alpha value is 0.290. The minimum atomic E-state index is -3.88. The summed E-state index contributed by atoms with van der Waals surface area (Å²) in [6, 6.07) is 0. The van der Waals surface area contributed by atoms with Gasteiger partial charge in [-0.05, 0) is 6.42 Å². The molecule has 0 aromatic rings. The molecule has 0 aromatic carbocycles. The van der Waals surface area contributed by atoms with Gasteiger partial charge in [-0.25, -0.2) is 4.79 Å². The molecule has 0 saturated carbocycles. The van der Waals surface area contributed by atoms with Crippen LogP contribution in [-0.4, -0.2) is 36.5 Å². The lowest BCUT2D eigenvalue weighted by Gasteiger charge is -2.28. The van der Waals surface area contributed by atoms with Crippen LogP contribution in [0.3, 0.4) is 0 Å². The number of nitrogens with one attached hydrogen (secondary N) is 1. The third-order valence-electron chi connectivity index (χ3n) is 2.09. The van der Waals surface area contributed by atoms with Crippen molar-refractivity contribution in [1.29, 1.82) is 0 Å². The molecule has 19 heavy (non-hydrogen) atoms. The van der Waals surface area contributed by atoms with Gasteiger partial charge in [-0.2, -0.15) is 0 Å². The fourth-order valence-corrected chi connectivity index (χ4v) is 3.41. The topological polar surface area (TPSA) is 73.9 Å². The molecule has 6 nitrogen and oxygen atoms in total. The Balaban J connectivity index is 4.81. The van der Waals surface area contributed by atoms with Gasteiger partial charge in [0, 0.05) is 20.8 Å². The highest BCUT2D eigenvalue weighted by Crippen LogP contribution is 2.59. The standard InChI is InChI=1S/C9H17Cl3NO5P/c1-4-5-6-13-8(14)18-7(9(10,11)12)19(15,16-2)17-3/h7H,4-6H2,1-3H3,(H,13,14)/t7-/m1/s1. The molecule has 0 radical (unpaired) electrons. The van der Waals surface area contributed by atoms with Crippen molar-refractivity contribution in [2.24, 2.45) is 0 Å². The van der Waals surface area contributed by atoms with Crippen molar-refractivity contribution in [3.05, 3.63) is 0 Å². The molecule has 0 fully saturated rings. The number of carbonyl (C=O) groups excluding carboxylic acids is 1. The summed E-state index contributed by atoms with van der Waals surface area (Å²) in [6.07, 6.45) is 0.793. The predicted octanol–water partition coefficient (Wildman–Crippen LogP) is 3.69. The summed E-state index contributed by atoms with van der Waals surface area (Å²) in [7, 11) is -1.68. The van der Waals surface area contributed by atoms with Gasteiger partial charge in [0.15, 0.2) is 0 Å². The van der Waals surface area contributed by atoms with Gasteiger partial charge < -0.3 is 19.1 Å². The highest BCUT2D eigenvalue weighted by Gasteiger charge is 2.51. The summed E-state index contributed by atoms with van der Waals surface area (Å²) in [6.45, 7) is 2.35. The molecule has 0 aliphatic carbocycles. The Morgan fingerprint density at radius 3 is 2.21 bits per heavy atom. The van der Waals surface area contributed by atoms with Gasteiger partial charge in [0.1, 0.15) is 0 Å². The first-order valence-electron chi connectivity index (χ1n) is 5.43. The van der Waals surface area contributed by atoms with Gasteiger partial charge in [-0.1, -0.05) is 48.1 Å². The first-order chi connectivity index (χ1) is 8.71. The smallest absolute Gasteiger partial charge is 0.408 e. The summed E-state index contributed by atoms with van der Waals surface area (Å²) in [5, 5.41) is 2.44. The van der Waals surface area contributed by atoms with Gasteiger partial charge in [-0.3, -0.25) is 4.57 Å². The van der Waals surface area contributed by atoms with Gasteiger partial charge in [0.2, 0.25) is 3.79 Å². The third-order valence-corrected chi connectivity index (χ3v) is 5.23. The van der Waals surface area contributed by atoms with Crippen LogP contribution in [0.4, 0.5) is 4.79 Å². The number of hydrogen-bond acceptors (Lipinski definition) is 5. The van der Waals surface area contributed by atoms with E-state index in [9.17, 15) is 9.36 Å². The lowest BCUT2D eigenvalue weighted by molar-refractivity contribution is 0.111. The van der Waals surface area contributed by atoms with E-state index in [1.807, 2.05) is 6.92 Å². The molecular weight excluding hydrogens is 339 g/mol. The van der Waals surface area contributed by atoms with E-state index in [0.717, 1.165) is 27.1 Å². The fourth-order valence-electron chi connectivity index (χ4n) is 1.09. The van der Waals surface area contributed by atoms with E-state index in [-0.39, 0.29) is 0 Å². The zero-order chi connectivity index (χ0) is 15.1. The van der Waals surface area contributed by atoms with E-state index >= 15 is 0 Å². The van der Waals surface area contributed by atoms with Crippen LogP contribution in [0.1, 0.15) is 19.8 Å². The van der Waals surface area contributed by atoms with Crippen LogP contribution in [-0.2, 0) is 18.3 Å². The van der Waals surface area contributed by atoms with Crippen molar-refractivity contribution in [2.45, 2.75) is 29.4 Å². The Bertz CT molecular complexity index is 328. The first kappa shape index (κ1) is 19.3. The number of unbranched alkanes of at least 4 members (excludes halogenated alkanes) is 1. The Kier molecular flexibility index (Phi) is 8.68. The molecule has 0 unspecified atom stereocenters. The van der Waals surface area contributed by atoms with Crippen molar-refractivity contribution >= 4 is 48.5 Å². The molecule has 10 heteroatoms. The van der Waals surface area contributed by atoms with Gasteiger partial charge >= 0.3 is 13.7 Å². The van der Waals surface area contributed by atoms with E-state index in [4.69, 9.17) is 39.5 Å².